The first kappa shape index (κ1) is 29.7. The fourth-order valence-corrected chi connectivity index (χ4v) is 5.79. The van der Waals surface area contributed by atoms with Gasteiger partial charge in [-0.25, -0.2) is 0 Å². The normalized spacial score (nSPS) is 14.2. The van der Waals surface area contributed by atoms with Crippen LogP contribution < -0.4 is 0 Å². The summed E-state index contributed by atoms with van der Waals surface area (Å²) in [7, 11) is 0. The van der Waals surface area contributed by atoms with Gasteiger partial charge >= 0.3 is 5.97 Å². The third-order valence-electron chi connectivity index (χ3n) is 8.05. The molecule has 0 bridgehead atoms. The van der Waals surface area contributed by atoms with Crippen LogP contribution in [-0.2, 0) is 24.2 Å². The molecular formula is C36H36N2O5. The van der Waals surface area contributed by atoms with Crippen LogP contribution in [0.2, 0.25) is 0 Å². The van der Waals surface area contributed by atoms with Crippen molar-refractivity contribution < 1.29 is 24.6 Å². The molecule has 7 heteroatoms. The number of aliphatic hydroxyl groups is 1. The van der Waals surface area contributed by atoms with Crippen molar-refractivity contribution in [1.29, 1.82) is 0 Å². The van der Waals surface area contributed by atoms with Crippen molar-refractivity contribution in [2.45, 2.75) is 38.3 Å². The third kappa shape index (κ3) is 7.01. The van der Waals surface area contributed by atoms with Gasteiger partial charge in [0.15, 0.2) is 0 Å². The van der Waals surface area contributed by atoms with Crippen molar-refractivity contribution in [2.24, 2.45) is 0 Å². The zero-order chi connectivity index (χ0) is 30.2. The van der Waals surface area contributed by atoms with Crippen LogP contribution in [0.4, 0.5) is 0 Å². The summed E-state index contributed by atoms with van der Waals surface area (Å²) in [4.78, 5) is 42.9. The first-order valence-electron chi connectivity index (χ1n) is 14.7. The maximum absolute atomic E-state index is 14.1. The number of aliphatic carboxylic acids is 1. The predicted octanol–water partition coefficient (Wildman–Crippen LogP) is 5.46. The summed E-state index contributed by atoms with van der Waals surface area (Å²) in [5.74, 6) is -1.45. The molecule has 7 nitrogen and oxygen atoms in total. The zero-order valence-corrected chi connectivity index (χ0v) is 24.1. The maximum atomic E-state index is 14.1. The van der Waals surface area contributed by atoms with E-state index in [1.807, 2.05) is 78.9 Å². The van der Waals surface area contributed by atoms with E-state index < -0.39 is 5.97 Å². The van der Waals surface area contributed by atoms with Gasteiger partial charge in [-0.1, -0.05) is 91.0 Å². The van der Waals surface area contributed by atoms with Crippen LogP contribution in [0.5, 0.6) is 0 Å². The van der Waals surface area contributed by atoms with Crippen LogP contribution in [0.15, 0.2) is 103 Å². The topological polar surface area (TPSA) is 98.2 Å². The number of hydrogen-bond acceptors (Lipinski definition) is 4. The molecule has 4 aromatic carbocycles. The lowest BCUT2D eigenvalue weighted by Gasteiger charge is -2.36. The first-order valence-corrected chi connectivity index (χ1v) is 14.7. The van der Waals surface area contributed by atoms with Gasteiger partial charge in [-0.15, -0.1) is 0 Å². The van der Waals surface area contributed by atoms with Gasteiger partial charge in [-0.3, -0.25) is 14.4 Å². The van der Waals surface area contributed by atoms with Gasteiger partial charge in [-0.2, -0.15) is 0 Å². The molecule has 0 spiro atoms. The average Bonchev–Trinajstić information content (AvgIpc) is 3.05. The van der Waals surface area contributed by atoms with E-state index in [9.17, 15) is 24.6 Å². The summed E-state index contributed by atoms with van der Waals surface area (Å²) in [6.45, 7) is 0.725. The van der Waals surface area contributed by atoms with Gasteiger partial charge < -0.3 is 20.0 Å². The Morgan fingerprint density at radius 2 is 1.35 bits per heavy atom. The minimum absolute atomic E-state index is 0.0865. The smallest absolute Gasteiger partial charge is 0.305 e. The second-order valence-corrected chi connectivity index (χ2v) is 10.9. The number of benzene rings is 4. The number of rotatable bonds is 11. The Balaban J connectivity index is 1.44. The molecule has 1 aliphatic rings. The molecule has 0 saturated heterocycles. The molecule has 220 valence electrons. The van der Waals surface area contributed by atoms with E-state index >= 15 is 0 Å². The number of carboxylic acid groups (broad SMARTS) is 1. The van der Waals surface area contributed by atoms with Gasteiger partial charge in [0, 0.05) is 30.8 Å². The minimum Gasteiger partial charge on any atom is -0.481 e. The number of carbonyl (C=O) groups is 3. The predicted molar refractivity (Wildman–Crippen MR) is 166 cm³/mol. The van der Waals surface area contributed by atoms with E-state index in [-0.39, 0.29) is 37.4 Å². The van der Waals surface area contributed by atoms with Gasteiger partial charge in [0.05, 0.1) is 19.1 Å². The highest BCUT2D eigenvalue weighted by Gasteiger charge is 2.31. The Hall–Kier alpha value is -4.75. The van der Waals surface area contributed by atoms with Crippen LogP contribution in [-0.4, -0.2) is 63.5 Å². The number of hydrogen-bond donors (Lipinski definition) is 2. The first-order chi connectivity index (χ1) is 21.0. The molecule has 2 N–H and O–H groups in total. The molecule has 4 aromatic rings. The van der Waals surface area contributed by atoms with Crippen LogP contribution in [0.3, 0.4) is 0 Å². The molecule has 0 saturated carbocycles. The fraction of sp³-hybridized carbons (Fsp3) is 0.250. The monoisotopic (exact) mass is 576 g/mol. The van der Waals surface area contributed by atoms with Gasteiger partial charge in [0.1, 0.15) is 0 Å². The fourth-order valence-electron chi connectivity index (χ4n) is 5.79. The van der Waals surface area contributed by atoms with Gasteiger partial charge in [0.2, 0.25) is 0 Å². The highest BCUT2D eigenvalue weighted by Crippen LogP contribution is 2.32. The molecule has 43 heavy (non-hydrogen) atoms. The molecule has 0 fully saturated rings. The van der Waals surface area contributed by atoms with Crippen molar-refractivity contribution in [2.75, 3.05) is 19.7 Å². The molecule has 2 amide bonds. The number of fused-ring (bicyclic) bond motifs is 1. The molecule has 1 heterocycles. The number of carbonyl (C=O) groups excluding carboxylic acids is 2. The van der Waals surface area contributed by atoms with E-state index in [2.05, 4.69) is 0 Å². The molecule has 1 atom stereocenters. The number of aliphatic hydroxyl groups excluding tert-OH is 1. The summed E-state index contributed by atoms with van der Waals surface area (Å²) >= 11 is 0. The Labute approximate surface area is 252 Å². The third-order valence-corrected chi connectivity index (χ3v) is 8.05. The number of nitrogens with zero attached hydrogens (tertiary/aromatic N) is 2. The van der Waals surface area contributed by atoms with E-state index in [0.29, 0.717) is 48.2 Å². The quantitative estimate of drug-likeness (QED) is 0.247. The SMILES string of the molecule is O=C(O)CCN(CCCc1ccccc1)C(=O)c1ccccc1-c1ccccc1C(=O)N1Cc2ccccc2C[C@H]1CO. The van der Waals surface area contributed by atoms with Gasteiger partial charge in [-0.05, 0) is 59.2 Å². The summed E-state index contributed by atoms with van der Waals surface area (Å²) in [5, 5.41) is 19.6. The van der Waals surface area contributed by atoms with E-state index in [0.717, 1.165) is 23.1 Å². The van der Waals surface area contributed by atoms with Crippen molar-refractivity contribution >= 4 is 17.8 Å². The second kappa shape index (κ2) is 13.9. The maximum Gasteiger partial charge on any atom is 0.305 e. The summed E-state index contributed by atoms with van der Waals surface area (Å²) < 4.78 is 0. The van der Waals surface area contributed by atoms with Crippen LogP contribution >= 0.6 is 0 Å². The molecular weight excluding hydrogens is 540 g/mol. The van der Waals surface area contributed by atoms with Crippen molar-refractivity contribution in [1.82, 2.24) is 9.80 Å². The lowest BCUT2D eigenvalue weighted by atomic mass is 9.91. The van der Waals surface area contributed by atoms with E-state index in [1.54, 1.807) is 34.1 Å². The van der Waals surface area contributed by atoms with E-state index in [4.69, 9.17) is 0 Å². The Bertz CT molecular complexity index is 1590. The van der Waals surface area contributed by atoms with Crippen LogP contribution in [0, 0.1) is 0 Å². The minimum atomic E-state index is -0.966. The summed E-state index contributed by atoms with van der Waals surface area (Å²) in [6, 6.07) is 32.0. The summed E-state index contributed by atoms with van der Waals surface area (Å²) in [5.41, 5.74) is 5.42. The Morgan fingerprint density at radius 3 is 2.05 bits per heavy atom. The zero-order valence-electron chi connectivity index (χ0n) is 24.1. The molecule has 1 aliphatic heterocycles. The molecule has 0 unspecified atom stereocenters. The van der Waals surface area contributed by atoms with Crippen LogP contribution in [0.1, 0.15) is 50.2 Å². The number of carboxylic acids is 1. The number of amides is 2. The lowest BCUT2D eigenvalue weighted by molar-refractivity contribution is -0.137. The second-order valence-electron chi connectivity index (χ2n) is 10.9. The standard InChI is InChI=1S/C36H36N2O5/c39-25-29-23-27-14-4-5-15-28(27)24-38(29)36(43)33-19-9-7-17-31(33)30-16-6-8-18-32(30)35(42)37(22-20-34(40)41)21-10-13-26-11-2-1-3-12-26/h1-9,11-12,14-19,29,39H,10,13,20-25H2,(H,40,41)/t29-/m0/s1. The average molecular weight is 577 g/mol. The Morgan fingerprint density at radius 1 is 0.744 bits per heavy atom. The highest BCUT2D eigenvalue weighted by atomic mass is 16.4. The highest BCUT2D eigenvalue weighted by molar-refractivity contribution is 6.06. The lowest BCUT2D eigenvalue weighted by Crippen LogP contribution is -2.46. The molecule has 0 aliphatic carbocycles. The van der Waals surface area contributed by atoms with Crippen LogP contribution in [0.25, 0.3) is 11.1 Å². The molecule has 0 radical (unpaired) electrons. The number of aryl methyl sites for hydroxylation is 1. The largest absolute Gasteiger partial charge is 0.481 e. The Kier molecular flexibility index (Phi) is 9.64. The van der Waals surface area contributed by atoms with Crippen molar-refractivity contribution in [3.05, 3.63) is 131 Å². The van der Waals surface area contributed by atoms with E-state index in [1.165, 1.54) is 0 Å². The van der Waals surface area contributed by atoms with Crippen molar-refractivity contribution in [3.63, 3.8) is 0 Å². The van der Waals surface area contributed by atoms with Gasteiger partial charge in [0.25, 0.3) is 11.8 Å². The van der Waals surface area contributed by atoms with Crippen molar-refractivity contribution in [3.8, 4) is 11.1 Å². The summed E-state index contributed by atoms with van der Waals surface area (Å²) in [6.07, 6.45) is 1.86. The molecule has 5 rings (SSSR count). The molecule has 0 aromatic heterocycles.